The van der Waals surface area contributed by atoms with E-state index in [1.165, 1.54) is 26.0 Å². The first kappa shape index (κ1) is 21.9. The molecule has 9 heteroatoms. The Balaban J connectivity index is 2.68. The minimum atomic E-state index is -0.600. The summed E-state index contributed by atoms with van der Waals surface area (Å²) in [6, 6.07) is 4.52. The van der Waals surface area contributed by atoms with Crippen molar-refractivity contribution in [1.82, 2.24) is 10.6 Å². The third-order valence-electron chi connectivity index (χ3n) is 2.91. The molecule has 0 aromatic heterocycles. The lowest BCUT2D eigenvalue weighted by atomic mass is 10.1. The van der Waals surface area contributed by atoms with Crippen LogP contribution in [0.15, 0.2) is 18.2 Å². The molecule has 4 amide bonds. The maximum Gasteiger partial charge on any atom is 0.407 e. The minimum absolute atomic E-state index is 0.178. The van der Waals surface area contributed by atoms with Gasteiger partial charge in [-0.15, -0.1) is 0 Å². The highest BCUT2D eigenvalue weighted by Crippen LogP contribution is 2.19. The van der Waals surface area contributed by atoms with E-state index in [9.17, 15) is 19.2 Å². The number of hydrogen-bond donors (Lipinski definition) is 4. The Bertz CT molecular complexity index is 691. The van der Waals surface area contributed by atoms with E-state index in [2.05, 4.69) is 21.3 Å². The molecule has 0 spiro atoms. The molecule has 1 rings (SSSR count). The highest BCUT2D eigenvalue weighted by atomic mass is 16.6. The van der Waals surface area contributed by atoms with Gasteiger partial charge in [0.25, 0.3) is 5.91 Å². The van der Waals surface area contributed by atoms with Gasteiger partial charge in [0.15, 0.2) is 0 Å². The zero-order valence-corrected chi connectivity index (χ0v) is 16.2. The second kappa shape index (κ2) is 9.56. The molecule has 0 aliphatic carbocycles. The standard InChI is InChI=1S/C18H26N4O5/c1-11(23)21-14-8-13(9-15(10-14)22-12(2)24)16(25)19-6-7-20-17(26)27-18(3,4)5/h8-10H,6-7H2,1-5H3,(H,19,25)(H,20,26)(H,21,23)(H,22,24). The first-order valence-electron chi connectivity index (χ1n) is 8.41. The second-order valence-electron chi connectivity index (χ2n) is 6.85. The van der Waals surface area contributed by atoms with Crippen molar-refractivity contribution >= 4 is 35.2 Å². The summed E-state index contributed by atoms with van der Waals surface area (Å²) in [5.74, 6) is -1.02. The molecular weight excluding hydrogens is 352 g/mol. The van der Waals surface area contributed by atoms with Gasteiger partial charge in [0.2, 0.25) is 11.8 Å². The van der Waals surface area contributed by atoms with Crippen molar-refractivity contribution in [3.63, 3.8) is 0 Å². The van der Waals surface area contributed by atoms with Crippen molar-refractivity contribution in [3.8, 4) is 0 Å². The molecule has 0 aliphatic rings. The minimum Gasteiger partial charge on any atom is -0.444 e. The SMILES string of the molecule is CC(=O)Nc1cc(NC(C)=O)cc(C(=O)NCCNC(=O)OC(C)(C)C)c1. The fourth-order valence-electron chi connectivity index (χ4n) is 2.07. The van der Waals surface area contributed by atoms with Gasteiger partial charge < -0.3 is 26.0 Å². The van der Waals surface area contributed by atoms with Gasteiger partial charge >= 0.3 is 6.09 Å². The van der Waals surface area contributed by atoms with Gasteiger partial charge in [0.05, 0.1) is 0 Å². The number of anilines is 2. The molecule has 4 N–H and O–H groups in total. The van der Waals surface area contributed by atoms with Crippen LogP contribution in [-0.4, -0.2) is 42.5 Å². The normalized spacial score (nSPS) is 10.6. The fourth-order valence-corrected chi connectivity index (χ4v) is 2.07. The van der Waals surface area contributed by atoms with Crippen LogP contribution < -0.4 is 21.3 Å². The lowest BCUT2D eigenvalue weighted by Crippen LogP contribution is -2.37. The van der Waals surface area contributed by atoms with E-state index in [0.29, 0.717) is 11.4 Å². The third kappa shape index (κ3) is 9.24. The Morgan fingerprint density at radius 3 is 1.78 bits per heavy atom. The van der Waals surface area contributed by atoms with E-state index in [-0.39, 0.29) is 30.5 Å². The smallest absolute Gasteiger partial charge is 0.407 e. The average molecular weight is 378 g/mol. The molecule has 1 aromatic carbocycles. The summed E-state index contributed by atoms with van der Waals surface area (Å²) in [5, 5.41) is 10.3. The van der Waals surface area contributed by atoms with Crippen LogP contribution in [-0.2, 0) is 14.3 Å². The molecular formula is C18H26N4O5. The van der Waals surface area contributed by atoms with E-state index in [0.717, 1.165) is 0 Å². The number of ether oxygens (including phenoxy) is 1. The van der Waals surface area contributed by atoms with Crippen molar-refractivity contribution in [2.75, 3.05) is 23.7 Å². The topological polar surface area (TPSA) is 126 Å². The predicted octanol–water partition coefficient (Wildman–Crippen LogP) is 1.86. The zero-order valence-electron chi connectivity index (χ0n) is 16.2. The van der Waals surface area contributed by atoms with E-state index >= 15 is 0 Å². The average Bonchev–Trinajstić information content (AvgIpc) is 2.48. The molecule has 0 fully saturated rings. The van der Waals surface area contributed by atoms with E-state index < -0.39 is 17.6 Å². The Kier molecular flexibility index (Phi) is 7.77. The number of rotatable bonds is 6. The van der Waals surface area contributed by atoms with Crippen LogP contribution in [0.2, 0.25) is 0 Å². The molecule has 27 heavy (non-hydrogen) atoms. The van der Waals surface area contributed by atoms with Crippen LogP contribution in [0.4, 0.5) is 16.2 Å². The number of benzene rings is 1. The van der Waals surface area contributed by atoms with Gasteiger partial charge in [-0.3, -0.25) is 14.4 Å². The van der Waals surface area contributed by atoms with Gasteiger partial charge in [-0.1, -0.05) is 0 Å². The molecule has 1 aromatic rings. The van der Waals surface area contributed by atoms with E-state index in [1.54, 1.807) is 26.8 Å². The molecule has 0 atom stereocenters. The molecule has 0 saturated carbocycles. The van der Waals surface area contributed by atoms with Gasteiger partial charge in [-0.25, -0.2) is 4.79 Å². The summed E-state index contributed by atoms with van der Waals surface area (Å²) in [7, 11) is 0. The molecule has 0 saturated heterocycles. The second-order valence-corrected chi connectivity index (χ2v) is 6.85. The number of carbonyl (C=O) groups excluding carboxylic acids is 4. The summed E-state index contributed by atoms with van der Waals surface area (Å²) in [4.78, 5) is 46.4. The third-order valence-corrected chi connectivity index (χ3v) is 2.91. The summed E-state index contributed by atoms with van der Waals surface area (Å²) < 4.78 is 5.09. The van der Waals surface area contributed by atoms with Crippen LogP contribution >= 0.6 is 0 Å². The summed E-state index contributed by atoms with van der Waals surface area (Å²) in [5.41, 5.74) is 0.413. The van der Waals surface area contributed by atoms with Crippen molar-refractivity contribution < 1.29 is 23.9 Å². The quantitative estimate of drug-likeness (QED) is 0.562. The lowest BCUT2D eigenvalue weighted by molar-refractivity contribution is -0.115. The zero-order chi connectivity index (χ0) is 20.6. The Morgan fingerprint density at radius 1 is 0.852 bits per heavy atom. The fraction of sp³-hybridized carbons (Fsp3) is 0.444. The predicted molar refractivity (Wildman–Crippen MR) is 102 cm³/mol. The van der Waals surface area contributed by atoms with E-state index in [4.69, 9.17) is 4.74 Å². The van der Waals surface area contributed by atoms with Crippen molar-refractivity contribution in [1.29, 1.82) is 0 Å². The Labute approximate surface area is 158 Å². The van der Waals surface area contributed by atoms with E-state index in [1.807, 2.05) is 0 Å². The summed E-state index contributed by atoms with van der Waals surface area (Å²) >= 11 is 0. The number of hydrogen-bond acceptors (Lipinski definition) is 5. The molecule has 0 unspecified atom stereocenters. The van der Waals surface area contributed by atoms with Crippen molar-refractivity contribution in [2.24, 2.45) is 0 Å². The van der Waals surface area contributed by atoms with Crippen LogP contribution in [0.5, 0.6) is 0 Å². The van der Waals surface area contributed by atoms with Crippen molar-refractivity contribution in [2.45, 2.75) is 40.2 Å². The number of nitrogens with one attached hydrogen (secondary N) is 4. The number of amides is 4. The molecule has 148 valence electrons. The Hall–Kier alpha value is -3.10. The van der Waals surface area contributed by atoms with Crippen LogP contribution in [0, 0.1) is 0 Å². The maximum atomic E-state index is 12.3. The first-order valence-corrected chi connectivity index (χ1v) is 8.41. The molecule has 9 nitrogen and oxygen atoms in total. The summed E-state index contributed by atoms with van der Waals surface area (Å²) in [6.45, 7) is 8.30. The first-order chi connectivity index (χ1) is 12.5. The highest BCUT2D eigenvalue weighted by Gasteiger charge is 2.15. The molecule has 0 bridgehead atoms. The van der Waals surface area contributed by atoms with Crippen LogP contribution in [0.1, 0.15) is 45.0 Å². The van der Waals surface area contributed by atoms with Gasteiger partial charge in [-0.2, -0.15) is 0 Å². The number of carbonyl (C=O) groups is 4. The Morgan fingerprint density at radius 2 is 1.33 bits per heavy atom. The summed E-state index contributed by atoms with van der Waals surface area (Å²) in [6.07, 6.45) is -0.572. The van der Waals surface area contributed by atoms with Crippen LogP contribution in [0.3, 0.4) is 0 Å². The maximum absolute atomic E-state index is 12.3. The van der Waals surface area contributed by atoms with Crippen molar-refractivity contribution in [3.05, 3.63) is 23.8 Å². The monoisotopic (exact) mass is 378 g/mol. The van der Waals surface area contributed by atoms with Gasteiger partial charge in [-0.05, 0) is 39.0 Å². The largest absolute Gasteiger partial charge is 0.444 e. The van der Waals surface area contributed by atoms with Gasteiger partial charge in [0.1, 0.15) is 5.60 Å². The highest BCUT2D eigenvalue weighted by molar-refractivity contribution is 5.99. The molecule has 0 heterocycles. The van der Waals surface area contributed by atoms with Gasteiger partial charge in [0, 0.05) is 43.9 Å². The molecule has 0 aliphatic heterocycles. The lowest BCUT2D eigenvalue weighted by Gasteiger charge is -2.19. The van der Waals surface area contributed by atoms with Crippen LogP contribution in [0.25, 0.3) is 0 Å². The molecule has 0 radical (unpaired) electrons. The number of alkyl carbamates (subject to hydrolysis) is 1.